The third kappa shape index (κ3) is 6.05. The molecule has 0 spiro atoms. The van der Waals surface area contributed by atoms with Crippen molar-refractivity contribution in [3.8, 4) is 0 Å². The molecule has 0 aliphatic rings. The first-order valence-electron chi connectivity index (χ1n) is 9.96. The molecule has 8 nitrogen and oxygen atoms in total. The summed E-state index contributed by atoms with van der Waals surface area (Å²) in [5, 5.41) is 3.89. The molecule has 0 aromatic heterocycles. The van der Waals surface area contributed by atoms with Crippen LogP contribution < -0.4 is 9.73 Å². The number of methoxy groups -OCH3 is 1. The summed E-state index contributed by atoms with van der Waals surface area (Å²) in [5.41, 5.74) is 4.69. The van der Waals surface area contributed by atoms with Gasteiger partial charge in [-0.05, 0) is 48.9 Å². The second-order valence-corrected chi connectivity index (χ2v) is 8.93. The first-order chi connectivity index (χ1) is 15.8. The Morgan fingerprint density at radius 2 is 1.61 bits per heavy atom. The maximum absolute atomic E-state index is 13.2. The van der Waals surface area contributed by atoms with Crippen LogP contribution in [0, 0.1) is 6.92 Å². The fourth-order valence-corrected chi connectivity index (χ4v) is 4.36. The van der Waals surface area contributed by atoms with Crippen molar-refractivity contribution < 1.29 is 22.7 Å². The summed E-state index contributed by atoms with van der Waals surface area (Å²) in [6.07, 6.45) is 1.39. The Morgan fingerprint density at radius 1 is 0.970 bits per heavy atom. The zero-order valence-corrected chi connectivity index (χ0v) is 19.0. The Morgan fingerprint density at radius 3 is 2.21 bits per heavy atom. The molecular formula is C24H23N3O5S. The van der Waals surface area contributed by atoms with Crippen molar-refractivity contribution in [3.63, 3.8) is 0 Å². The quantitative estimate of drug-likeness (QED) is 0.313. The molecule has 3 aromatic carbocycles. The molecular weight excluding hydrogens is 442 g/mol. The Balaban J connectivity index is 1.76. The van der Waals surface area contributed by atoms with Gasteiger partial charge in [-0.3, -0.25) is 9.10 Å². The number of anilines is 1. The molecule has 0 unspecified atom stereocenters. The number of amides is 1. The number of ether oxygens (including phenoxy) is 1. The first kappa shape index (κ1) is 23.7. The van der Waals surface area contributed by atoms with E-state index in [0.717, 1.165) is 9.87 Å². The van der Waals surface area contributed by atoms with E-state index in [9.17, 15) is 18.0 Å². The molecule has 0 fully saturated rings. The van der Waals surface area contributed by atoms with E-state index in [1.54, 1.807) is 66.7 Å². The van der Waals surface area contributed by atoms with Crippen molar-refractivity contribution >= 4 is 33.8 Å². The molecule has 3 rings (SSSR count). The van der Waals surface area contributed by atoms with Crippen LogP contribution in [0.3, 0.4) is 0 Å². The lowest BCUT2D eigenvalue weighted by atomic mass is 10.1. The van der Waals surface area contributed by atoms with Gasteiger partial charge < -0.3 is 4.74 Å². The van der Waals surface area contributed by atoms with Gasteiger partial charge in [-0.2, -0.15) is 5.10 Å². The van der Waals surface area contributed by atoms with Gasteiger partial charge in [-0.1, -0.05) is 48.0 Å². The van der Waals surface area contributed by atoms with E-state index in [-0.39, 0.29) is 4.90 Å². The van der Waals surface area contributed by atoms with E-state index >= 15 is 0 Å². The SMILES string of the molecule is COC(=O)c1ccc(C=NNC(=O)CN(c2ccc(C)cc2)S(=O)(=O)c2ccccc2)cc1. The maximum atomic E-state index is 13.2. The van der Waals surface area contributed by atoms with E-state index in [0.29, 0.717) is 16.8 Å². The highest BCUT2D eigenvalue weighted by molar-refractivity contribution is 7.92. The fourth-order valence-electron chi connectivity index (χ4n) is 2.91. The predicted octanol–water partition coefficient (Wildman–Crippen LogP) is 3.13. The van der Waals surface area contributed by atoms with Crippen LogP contribution in [-0.4, -0.2) is 40.2 Å². The summed E-state index contributed by atoms with van der Waals surface area (Å²) in [4.78, 5) is 24.1. The van der Waals surface area contributed by atoms with Crippen molar-refractivity contribution in [3.05, 3.63) is 95.6 Å². The molecule has 33 heavy (non-hydrogen) atoms. The topological polar surface area (TPSA) is 105 Å². The number of hydrazone groups is 1. The lowest BCUT2D eigenvalue weighted by Crippen LogP contribution is -2.39. The normalized spacial score (nSPS) is 11.2. The lowest BCUT2D eigenvalue weighted by Gasteiger charge is -2.23. The Hall–Kier alpha value is -3.98. The number of benzene rings is 3. The number of aryl methyl sites for hydroxylation is 1. The molecule has 0 heterocycles. The third-order valence-electron chi connectivity index (χ3n) is 4.68. The van der Waals surface area contributed by atoms with Crippen LogP contribution in [-0.2, 0) is 19.6 Å². The third-order valence-corrected chi connectivity index (χ3v) is 6.46. The van der Waals surface area contributed by atoms with Crippen LogP contribution in [0.1, 0.15) is 21.5 Å². The summed E-state index contributed by atoms with van der Waals surface area (Å²) in [6, 6.07) is 21.2. The second-order valence-electron chi connectivity index (χ2n) is 7.07. The van der Waals surface area contributed by atoms with Crippen molar-refractivity contribution in [2.45, 2.75) is 11.8 Å². The molecule has 0 saturated heterocycles. The lowest BCUT2D eigenvalue weighted by molar-refractivity contribution is -0.119. The van der Waals surface area contributed by atoms with Crippen molar-refractivity contribution in [1.29, 1.82) is 0 Å². The smallest absolute Gasteiger partial charge is 0.337 e. The highest BCUT2D eigenvalue weighted by atomic mass is 32.2. The number of carbonyl (C=O) groups excluding carboxylic acids is 2. The van der Waals surface area contributed by atoms with Crippen LogP contribution in [0.25, 0.3) is 0 Å². The minimum Gasteiger partial charge on any atom is -0.465 e. The van der Waals surface area contributed by atoms with E-state index in [1.807, 2.05) is 6.92 Å². The van der Waals surface area contributed by atoms with Crippen LogP contribution >= 0.6 is 0 Å². The Bertz CT molecular complexity index is 1240. The number of esters is 1. The molecule has 0 saturated carbocycles. The summed E-state index contributed by atoms with van der Waals surface area (Å²) in [6.45, 7) is 1.43. The van der Waals surface area contributed by atoms with Gasteiger partial charge >= 0.3 is 5.97 Å². The maximum Gasteiger partial charge on any atom is 0.337 e. The zero-order chi connectivity index (χ0) is 23.8. The molecule has 1 N–H and O–H groups in total. The number of rotatable bonds is 8. The second kappa shape index (κ2) is 10.6. The number of carbonyl (C=O) groups is 2. The number of hydrogen-bond donors (Lipinski definition) is 1. The molecule has 0 bridgehead atoms. The molecule has 3 aromatic rings. The van der Waals surface area contributed by atoms with Crippen molar-refractivity contribution in [1.82, 2.24) is 5.43 Å². The summed E-state index contributed by atoms with van der Waals surface area (Å²) in [7, 11) is -2.68. The van der Waals surface area contributed by atoms with E-state index in [2.05, 4.69) is 15.3 Å². The number of nitrogens with zero attached hydrogens (tertiary/aromatic N) is 2. The van der Waals surface area contributed by atoms with Crippen molar-refractivity contribution in [2.24, 2.45) is 5.10 Å². The molecule has 0 aliphatic heterocycles. The van der Waals surface area contributed by atoms with E-state index in [4.69, 9.17) is 0 Å². The summed E-state index contributed by atoms with van der Waals surface area (Å²) < 4.78 is 32.1. The van der Waals surface area contributed by atoms with Gasteiger partial charge in [-0.15, -0.1) is 0 Å². The molecule has 1 amide bonds. The Kier molecular flexibility index (Phi) is 7.57. The van der Waals surface area contributed by atoms with Crippen LogP contribution in [0.4, 0.5) is 5.69 Å². The van der Waals surface area contributed by atoms with E-state index < -0.39 is 28.4 Å². The van der Waals surface area contributed by atoms with Gasteiger partial charge in [0.05, 0.1) is 29.5 Å². The van der Waals surface area contributed by atoms with Crippen LogP contribution in [0.5, 0.6) is 0 Å². The van der Waals surface area contributed by atoms with Crippen LogP contribution in [0.2, 0.25) is 0 Å². The van der Waals surface area contributed by atoms with Gasteiger partial charge in [0.1, 0.15) is 6.54 Å². The van der Waals surface area contributed by atoms with Gasteiger partial charge in [0.25, 0.3) is 15.9 Å². The molecule has 170 valence electrons. The summed E-state index contributed by atoms with van der Waals surface area (Å²) >= 11 is 0. The monoisotopic (exact) mass is 465 g/mol. The van der Waals surface area contributed by atoms with Crippen molar-refractivity contribution in [2.75, 3.05) is 18.0 Å². The van der Waals surface area contributed by atoms with Gasteiger partial charge in [0, 0.05) is 0 Å². The number of hydrogen-bond acceptors (Lipinski definition) is 6. The standard InChI is InChI=1S/C24H23N3O5S/c1-18-8-14-21(15-9-18)27(33(30,31)22-6-4-3-5-7-22)17-23(28)26-25-16-19-10-12-20(13-11-19)24(29)32-2/h3-16H,17H2,1-2H3,(H,26,28). The van der Waals surface area contributed by atoms with Gasteiger partial charge in [0.2, 0.25) is 0 Å². The summed E-state index contributed by atoms with van der Waals surface area (Å²) in [5.74, 6) is -1.07. The highest BCUT2D eigenvalue weighted by Crippen LogP contribution is 2.23. The van der Waals surface area contributed by atoms with Crippen LogP contribution in [0.15, 0.2) is 88.9 Å². The number of sulfonamides is 1. The van der Waals surface area contributed by atoms with Gasteiger partial charge in [-0.25, -0.2) is 18.6 Å². The largest absolute Gasteiger partial charge is 0.465 e. The average molecular weight is 466 g/mol. The number of nitrogens with one attached hydrogen (secondary N) is 1. The molecule has 0 radical (unpaired) electrons. The fraction of sp³-hybridized carbons (Fsp3) is 0.125. The zero-order valence-electron chi connectivity index (χ0n) is 18.1. The average Bonchev–Trinajstić information content (AvgIpc) is 2.83. The highest BCUT2D eigenvalue weighted by Gasteiger charge is 2.27. The minimum absolute atomic E-state index is 0.0765. The first-order valence-corrected chi connectivity index (χ1v) is 11.4. The Labute approximate surface area is 192 Å². The predicted molar refractivity (Wildman–Crippen MR) is 126 cm³/mol. The minimum atomic E-state index is -3.98. The molecule has 9 heteroatoms. The molecule has 0 aliphatic carbocycles. The molecule has 0 atom stereocenters. The van der Waals surface area contributed by atoms with Gasteiger partial charge in [0.15, 0.2) is 0 Å². The van der Waals surface area contributed by atoms with E-state index in [1.165, 1.54) is 25.5 Å².